The molecule has 118 valence electrons. The highest BCUT2D eigenvalue weighted by Crippen LogP contribution is 2.38. The first-order valence-electron chi connectivity index (χ1n) is 7.45. The van der Waals surface area contributed by atoms with E-state index in [0.717, 1.165) is 22.4 Å². The molecule has 0 aliphatic carbocycles. The Kier molecular flexibility index (Phi) is 3.20. The lowest BCUT2D eigenvalue weighted by Crippen LogP contribution is -2.16. The fourth-order valence-electron chi connectivity index (χ4n) is 2.84. The van der Waals surface area contributed by atoms with Crippen LogP contribution in [0.25, 0.3) is 22.4 Å². The molecule has 1 aliphatic heterocycles. The monoisotopic (exact) mass is 313 g/mol. The van der Waals surface area contributed by atoms with Crippen LogP contribution in [0.5, 0.6) is 11.5 Å². The van der Waals surface area contributed by atoms with Gasteiger partial charge in [0.15, 0.2) is 11.5 Å². The molecule has 0 amide bonds. The summed E-state index contributed by atoms with van der Waals surface area (Å²) in [7, 11) is 0. The van der Waals surface area contributed by atoms with Crippen molar-refractivity contribution in [3.8, 4) is 22.9 Å². The Morgan fingerprint density at radius 2 is 1.91 bits per heavy atom. The maximum atomic E-state index is 13.2. The highest BCUT2D eigenvalue weighted by molar-refractivity contribution is 5.84. The molecule has 4 rings (SSSR count). The third-order valence-electron chi connectivity index (χ3n) is 4.07. The molecule has 1 unspecified atom stereocenters. The minimum atomic E-state index is -0.274. The molecule has 1 aliphatic rings. The summed E-state index contributed by atoms with van der Waals surface area (Å²) in [6, 6.07) is 10.1. The summed E-state index contributed by atoms with van der Waals surface area (Å²) in [5, 5.41) is 0. The summed E-state index contributed by atoms with van der Waals surface area (Å²) in [4.78, 5) is 4.71. The van der Waals surface area contributed by atoms with E-state index in [2.05, 4.69) is 4.57 Å². The molecule has 2 heterocycles. The largest absolute Gasteiger partial charge is 0.454 e. The van der Waals surface area contributed by atoms with E-state index >= 15 is 0 Å². The zero-order chi connectivity index (χ0) is 16.0. The van der Waals surface area contributed by atoms with Crippen molar-refractivity contribution in [1.82, 2.24) is 9.55 Å². The van der Waals surface area contributed by atoms with E-state index in [1.807, 2.05) is 19.1 Å². The van der Waals surface area contributed by atoms with Crippen molar-refractivity contribution in [3.63, 3.8) is 0 Å². The molecule has 0 radical (unpaired) electrons. The SMILES string of the molecule is CC(CN)n1c(-c2ccc(F)cc2)nc2cc3c(cc21)OCO3. The number of nitrogens with two attached hydrogens (primary N) is 1. The van der Waals surface area contributed by atoms with Crippen molar-refractivity contribution in [2.75, 3.05) is 13.3 Å². The van der Waals surface area contributed by atoms with Gasteiger partial charge in [-0.3, -0.25) is 0 Å². The van der Waals surface area contributed by atoms with E-state index in [9.17, 15) is 4.39 Å². The number of aromatic nitrogens is 2. The quantitative estimate of drug-likeness (QED) is 0.807. The summed E-state index contributed by atoms with van der Waals surface area (Å²) in [5.41, 5.74) is 8.43. The van der Waals surface area contributed by atoms with E-state index in [0.29, 0.717) is 18.0 Å². The molecule has 0 bridgehead atoms. The zero-order valence-corrected chi connectivity index (χ0v) is 12.6. The Balaban J connectivity index is 1.97. The molecule has 0 saturated carbocycles. The maximum Gasteiger partial charge on any atom is 0.231 e. The standard InChI is InChI=1S/C17H16FN3O2/c1-10(8-19)21-14-7-16-15(22-9-23-16)6-13(14)20-17(21)11-2-4-12(18)5-3-11/h2-7,10H,8-9,19H2,1H3. The summed E-state index contributed by atoms with van der Waals surface area (Å²) in [5.74, 6) is 1.87. The van der Waals surface area contributed by atoms with Crippen molar-refractivity contribution in [2.24, 2.45) is 5.73 Å². The zero-order valence-electron chi connectivity index (χ0n) is 12.6. The predicted octanol–water partition coefficient (Wildman–Crippen LogP) is 3.09. The first-order valence-corrected chi connectivity index (χ1v) is 7.45. The van der Waals surface area contributed by atoms with Gasteiger partial charge in [0.05, 0.1) is 11.0 Å². The smallest absolute Gasteiger partial charge is 0.231 e. The highest BCUT2D eigenvalue weighted by atomic mass is 19.1. The number of rotatable bonds is 3. The van der Waals surface area contributed by atoms with Crippen LogP contribution in [0.2, 0.25) is 0 Å². The number of imidazole rings is 1. The lowest BCUT2D eigenvalue weighted by Gasteiger charge is -2.16. The number of hydrogen-bond acceptors (Lipinski definition) is 4. The van der Waals surface area contributed by atoms with Gasteiger partial charge in [0.25, 0.3) is 0 Å². The van der Waals surface area contributed by atoms with Crippen molar-refractivity contribution in [2.45, 2.75) is 13.0 Å². The van der Waals surface area contributed by atoms with Crippen LogP contribution in [0.1, 0.15) is 13.0 Å². The lowest BCUT2D eigenvalue weighted by atomic mass is 10.2. The third-order valence-corrected chi connectivity index (χ3v) is 4.07. The second-order valence-electron chi connectivity index (χ2n) is 5.59. The normalized spacial score (nSPS) is 14.4. The van der Waals surface area contributed by atoms with Crippen molar-refractivity contribution < 1.29 is 13.9 Å². The molecule has 6 heteroatoms. The van der Waals surface area contributed by atoms with Crippen LogP contribution in [0.15, 0.2) is 36.4 Å². The summed E-state index contributed by atoms with van der Waals surface area (Å²) in [6.07, 6.45) is 0. The van der Waals surface area contributed by atoms with Gasteiger partial charge in [0.1, 0.15) is 11.6 Å². The molecule has 0 spiro atoms. The van der Waals surface area contributed by atoms with E-state index in [4.69, 9.17) is 20.2 Å². The van der Waals surface area contributed by atoms with E-state index < -0.39 is 0 Å². The van der Waals surface area contributed by atoms with Gasteiger partial charge >= 0.3 is 0 Å². The number of fused-ring (bicyclic) bond motifs is 2. The lowest BCUT2D eigenvalue weighted by molar-refractivity contribution is 0.174. The van der Waals surface area contributed by atoms with Gasteiger partial charge in [-0.2, -0.15) is 0 Å². The number of ether oxygens (including phenoxy) is 2. The number of benzene rings is 2. The molecular weight excluding hydrogens is 297 g/mol. The van der Waals surface area contributed by atoms with Crippen molar-refractivity contribution in [3.05, 3.63) is 42.2 Å². The Bertz CT molecular complexity index is 874. The maximum absolute atomic E-state index is 13.2. The second kappa shape index (κ2) is 5.24. The van der Waals surface area contributed by atoms with Gasteiger partial charge in [-0.1, -0.05) is 0 Å². The van der Waals surface area contributed by atoms with E-state index in [1.54, 1.807) is 12.1 Å². The Morgan fingerprint density at radius 1 is 1.22 bits per heavy atom. The van der Waals surface area contributed by atoms with Crippen LogP contribution in [-0.2, 0) is 0 Å². The average Bonchev–Trinajstić information content (AvgIpc) is 3.16. The summed E-state index contributed by atoms with van der Waals surface area (Å²) in [6.45, 7) is 2.71. The van der Waals surface area contributed by atoms with Crippen LogP contribution >= 0.6 is 0 Å². The van der Waals surface area contributed by atoms with Gasteiger partial charge < -0.3 is 19.8 Å². The first kappa shape index (κ1) is 14.0. The van der Waals surface area contributed by atoms with Crippen molar-refractivity contribution in [1.29, 1.82) is 0 Å². The van der Waals surface area contributed by atoms with Crippen molar-refractivity contribution >= 4 is 11.0 Å². The Hall–Kier alpha value is -2.60. The molecule has 23 heavy (non-hydrogen) atoms. The van der Waals surface area contributed by atoms with Crippen LogP contribution in [0, 0.1) is 5.82 Å². The topological polar surface area (TPSA) is 62.3 Å². The highest BCUT2D eigenvalue weighted by Gasteiger charge is 2.21. The molecule has 1 aromatic heterocycles. The molecule has 0 saturated heterocycles. The fourth-order valence-corrected chi connectivity index (χ4v) is 2.84. The average molecular weight is 313 g/mol. The molecular formula is C17H16FN3O2. The number of hydrogen-bond donors (Lipinski definition) is 1. The van der Waals surface area contributed by atoms with E-state index in [1.165, 1.54) is 12.1 Å². The fraction of sp³-hybridized carbons (Fsp3) is 0.235. The van der Waals surface area contributed by atoms with Crippen LogP contribution < -0.4 is 15.2 Å². The van der Waals surface area contributed by atoms with Crippen LogP contribution in [0.3, 0.4) is 0 Å². The molecule has 2 aromatic carbocycles. The number of nitrogens with zero attached hydrogens (tertiary/aromatic N) is 2. The molecule has 2 N–H and O–H groups in total. The van der Waals surface area contributed by atoms with Crippen LogP contribution in [-0.4, -0.2) is 22.9 Å². The molecule has 3 aromatic rings. The second-order valence-corrected chi connectivity index (χ2v) is 5.59. The molecule has 0 fully saturated rings. The minimum absolute atomic E-state index is 0.0421. The summed E-state index contributed by atoms with van der Waals surface area (Å²) < 4.78 is 26.2. The predicted molar refractivity (Wildman–Crippen MR) is 85.0 cm³/mol. The molecule has 5 nitrogen and oxygen atoms in total. The Labute approximate surface area is 132 Å². The van der Waals surface area contributed by atoms with Gasteiger partial charge in [-0.25, -0.2) is 9.37 Å². The Morgan fingerprint density at radius 3 is 2.61 bits per heavy atom. The van der Waals surface area contributed by atoms with Gasteiger partial charge in [0, 0.05) is 30.3 Å². The third kappa shape index (κ3) is 2.22. The summed E-state index contributed by atoms with van der Waals surface area (Å²) >= 11 is 0. The minimum Gasteiger partial charge on any atom is -0.454 e. The van der Waals surface area contributed by atoms with Gasteiger partial charge in [-0.15, -0.1) is 0 Å². The first-order chi connectivity index (χ1) is 11.2. The van der Waals surface area contributed by atoms with Crippen LogP contribution in [0.4, 0.5) is 4.39 Å². The number of halogens is 1. The van der Waals surface area contributed by atoms with E-state index in [-0.39, 0.29) is 18.7 Å². The van der Waals surface area contributed by atoms with Gasteiger partial charge in [0.2, 0.25) is 6.79 Å². The van der Waals surface area contributed by atoms with Gasteiger partial charge in [-0.05, 0) is 31.2 Å². The molecule has 1 atom stereocenters.